The third kappa shape index (κ3) is 4.24. The number of aliphatic hydroxyl groups is 1. The van der Waals surface area contributed by atoms with E-state index in [0.29, 0.717) is 27.8 Å². The number of rotatable bonds is 5. The normalized spacial score (nSPS) is 17.4. The molecule has 1 aromatic carbocycles. The molecule has 8 nitrogen and oxygen atoms in total. The molecule has 2 heterocycles. The maximum absolute atomic E-state index is 12.7. The Morgan fingerprint density at radius 1 is 1.30 bits per heavy atom. The zero-order chi connectivity index (χ0) is 21.6. The number of aryl methyl sites for hydroxylation is 1. The predicted molar refractivity (Wildman–Crippen MR) is 112 cm³/mol. The average molecular weight is 431 g/mol. The van der Waals surface area contributed by atoms with Gasteiger partial charge in [-0.3, -0.25) is 19.0 Å². The molecule has 9 heteroatoms. The Kier molecular flexibility index (Phi) is 5.15. The molecule has 1 aliphatic heterocycles. The van der Waals surface area contributed by atoms with E-state index in [1.165, 1.54) is 15.5 Å². The molecule has 2 N–H and O–H groups in total. The Labute approximate surface area is 178 Å². The molecule has 158 valence electrons. The van der Waals surface area contributed by atoms with E-state index in [9.17, 15) is 19.5 Å². The quantitative estimate of drug-likeness (QED) is 0.752. The van der Waals surface area contributed by atoms with Gasteiger partial charge in [-0.1, -0.05) is 11.6 Å². The Morgan fingerprint density at radius 3 is 2.60 bits per heavy atom. The summed E-state index contributed by atoms with van der Waals surface area (Å²) in [5.41, 5.74) is 0.254. The SMILES string of the molecule is Cc1nc(-c2ccc(Cl)cc2NC(=O)C2CC2)cc(=O)n1CC(=O)N1CC(C)(O)C1. The van der Waals surface area contributed by atoms with Crippen LogP contribution < -0.4 is 10.9 Å². The summed E-state index contributed by atoms with van der Waals surface area (Å²) in [6.07, 6.45) is 1.74. The number of anilines is 1. The number of hydrogen-bond acceptors (Lipinski definition) is 5. The number of benzene rings is 1. The number of carbonyl (C=O) groups is 2. The van der Waals surface area contributed by atoms with Crippen molar-refractivity contribution in [2.45, 2.75) is 38.8 Å². The van der Waals surface area contributed by atoms with Gasteiger partial charge in [0.2, 0.25) is 11.8 Å². The van der Waals surface area contributed by atoms with Crippen molar-refractivity contribution in [3.8, 4) is 11.3 Å². The van der Waals surface area contributed by atoms with E-state index in [-0.39, 0.29) is 42.9 Å². The number of amides is 2. The first-order chi connectivity index (χ1) is 14.1. The monoisotopic (exact) mass is 430 g/mol. The van der Waals surface area contributed by atoms with E-state index in [2.05, 4.69) is 10.3 Å². The first-order valence-corrected chi connectivity index (χ1v) is 10.2. The number of hydrogen-bond donors (Lipinski definition) is 2. The van der Waals surface area contributed by atoms with Crippen molar-refractivity contribution in [3.05, 3.63) is 45.5 Å². The van der Waals surface area contributed by atoms with Crippen molar-refractivity contribution in [1.82, 2.24) is 14.5 Å². The molecule has 2 aliphatic rings. The summed E-state index contributed by atoms with van der Waals surface area (Å²) in [5, 5.41) is 13.1. The fourth-order valence-corrected chi connectivity index (χ4v) is 3.73. The molecule has 2 fully saturated rings. The lowest BCUT2D eigenvalue weighted by atomic mass is 9.97. The average Bonchev–Trinajstić information content (AvgIpc) is 3.47. The van der Waals surface area contributed by atoms with E-state index in [4.69, 9.17) is 11.6 Å². The zero-order valence-electron chi connectivity index (χ0n) is 16.8. The molecule has 0 unspecified atom stereocenters. The van der Waals surface area contributed by atoms with Crippen LogP contribution in [0.15, 0.2) is 29.1 Å². The Balaban J connectivity index is 1.60. The highest BCUT2D eigenvalue weighted by Crippen LogP contribution is 2.34. The predicted octanol–water partition coefficient (Wildman–Crippen LogP) is 1.81. The van der Waals surface area contributed by atoms with Gasteiger partial charge in [0.25, 0.3) is 5.56 Å². The summed E-state index contributed by atoms with van der Waals surface area (Å²) in [7, 11) is 0. The van der Waals surface area contributed by atoms with Gasteiger partial charge in [-0.2, -0.15) is 0 Å². The molecule has 1 saturated heterocycles. The van der Waals surface area contributed by atoms with Crippen LogP contribution in [-0.4, -0.2) is 50.1 Å². The molecule has 0 spiro atoms. The van der Waals surface area contributed by atoms with E-state index in [1.54, 1.807) is 32.0 Å². The van der Waals surface area contributed by atoms with E-state index in [1.807, 2.05) is 0 Å². The second kappa shape index (κ2) is 7.52. The molecular weight excluding hydrogens is 408 g/mol. The minimum absolute atomic E-state index is 0.0211. The highest BCUT2D eigenvalue weighted by atomic mass is 35.5. The Morgan fingerprint density at radius 2 is 2.00 bits per heavy atom. The molecule has 0 atom stereocenters. The molecule has 1 saturated carbocycles. The lowest BCUT2D eigenvalue weighted by Gasteiger charge is -2.44. The fraction of sp³-hybridized carbons (Fsp3) is 0.429. The zero-order valence-corrected chi connectivity index (χ0v) is 17.6. The summed E-state index contributed by atoms with van der Waals surface area (Å²) in [4.78, 5) is 43.3. The second-order valence-electron chi connectivity index (χ2n) is 8.31. The van der Waals surface area contributed by atoms with Crippen LogP contribution in [0.3, 0.4) is 0 Å². The van der Waals surface area contributed by atoms with Crippen LogP contribution in [0, 0.1) is 12.8 Å². The van der Waals surface area contributed by atoms with Crippen LogP contribution in [0.1, 0.15) is 25.6 Å². The van der Waals surface area contributed by atoms with Gasteiger partial charge >= 0.3 is 0 Å². The van der Waals surface area contributed by atoms with Crippen LogP contribution in [0.5, 0.6) is 0 Å². The number of carbonyl (C=O) groups excluding carboxylic acids is 2. The summed E-state index contributed by atoms with van der Waals surface area (Å²) >= 11 is 6.10. The van der Waals surface area contributed by atoms with Crippen molar-refractivity contribution < 1.29 is 14.7 Å². The first kappa shape index (κ1) is 20.6. The molecule has 0 radical (unpaired) electrons. The van der Waals surface area contributed by atoms with E-state index >= 15 is 0 Å². The molecule has 1 aliphatic carbocycles. The van der Waals surface area contributed by atoms with Gasteiger partial charge in [-0.05, 0) is 44.9 Å². The number of aromatic nitrogens is 2. The summed E-state index contributed by atoms with van der Waals surface area (Å²) in [5.74, 6) is 0.0881. The standard InChI is InChI=1S/C21H23ClN4O4/c1-12-23-17(8-18(27)26(12)9-19(28)25-10-21(2,30)11-25)15-6-5-14(22)7-16(15)24-20(29)13-3-4-13/h5-8,13,30H,3-4,9-11H2,1-2H3,(H,24,29). The second-order valence-corrected chi connectivity index (χ2v) is 8.75. The lowest BCUT2D eigenvalue weighted by Crippen LogP contribution is -2.62. The van der Waals surface area contributed by atoms with E-state index in [0.717, 1.165) is 12.8 Å². The maximum Gasteiger partial charge on any atom is 0.254 e. The van der Waals surface area contributed by atoms with Crippen molar-refractivity contribution in [1.29, 1.82) is 0 Å². The number of β-amino-alcohol motifs (C(OH)–C–C–N with tert-alkyl or cyclic N) is 1. The van der Waals surface area contributed by atoms with Gasteiger partial charge < -0.3 is 15.3 Å². The molecule has 0 bridgehead atoms. The number of nitrogens with one attached hydrogen (secondary N) is 1. The maximum atomic E-state index is 12.7. The van der Waals surface area contributed by atoms with Gasteiger partial charge in [0.15, 0.2) is 0 Å². The van der Waals surface area contributed by atoms with Gasteiger partial charge in [0, 0.05) is 22.6 Å². The lowest BCUT2D eigenvalue weighted by molar-refractivity contribution is -0.153. The highest BCUT2D eigenvalue weighted by Gasteiger charge is 2.39. The molecular formula is C21H23ClN4O4. The fourth-order valence-electron chi connectivity index (χ4n) is 3.56. The molecule has 2 aromatic rings. The van der Waals surface area contributed by atoms with Crippen molar-refractivity contribution in [3.63, 3.8) is 0 Å². The molecule has 30 heavy (non-hydrogen) atoms. The van der Waals surface area contributed by atoms with Gasteiger partial charge in [0.1, 0.15) is 12.4 Å². The van der Waals surface area contributed by atoms with Crippen molar-refractivity contribution >= 4 is 29.1 Å². The van der Waals surface area contributed by atoms with E-state index < -0.39 is 5.60 Å². The first-order valence-electron chi connectivity index (χ1n) is 9.82. The topological polar surface area (TPSA) is 105 Å². The van der Waals surface area contributed by atoms with Gasteiger partial charge in [-0.15, -0.1) is 0 Å². The number of likely N-dealkylation sites (tertiary alicyclic amines) is 1. The van der Waals surface area contributed by atoms with Gasteiger partial charge in [-0.25, -0.2) is 4.98 Å². The highest BCUT2D eigenvalue weighted by molar-refractivity contribution is 6.31. The largest absolute Gasteiger partial charge is 0.386 e. The smallest absolute Gasteiger partial charge is 0.254 e. The molecule has 2 amide bonds. The number of halogens is 1. The number of nitrogens with zero attached hydrogens (tertiary/aromatic N) is 3. The van der Waals surface area contributed by atoms with Crippen LogP contribution in [0.2, 0.25) is 5.02 Å². The third-order valence-corrected chi connectivity index (χ3v) is 5.61. The van der Waals surface area contributed by atoms with Crippen molar-refractivity contribution in [2.75, 3.05) is 18.4 Å². The Bertz CT molecular complexity index is 1080. The van der Waals surface area contributed by atoms with Crippen LogP contribution in [-0.2, 0) is 16.1 Å². The summed E-state index contributed by atoms with van der Waals surface area (Å²) in [6.45, 7) is 3.68. The summed E-state index contributed by atoms with van der Waals surface area (Å²) < 4.78 is 1.30. The van der Waals surface area contributed by atoms with Crippen LogP contribution >= 0.6 is 11.6 Å². The minimum atomic E-state index is -0.867. The molecule has 1 aromatic heterocycles. The van der Waals surface area contributed by atoms with Crippen LogP contribution in [0.25, 0.3) is 11.3 Å². The Hall–Kier alpha value is -2.71. The van der Waals surface area contributed by atoms with Crippen LogP contribution in [0.4, 0.5) is 5.69 Å². The third-order valence-electron chi connectivity index (χ3n) is 5.37. The minimum Gasteiger partial charge on any atom is -0.386 e. The van der Waals surface area contributed by atoms with Gasteiger partial charge in [0.05, 0.1) is 30.1 Å². The van der Waals surface area contributed by atoms with Crippen molar-refractivity contribution in [2.24, 2.45) is 5.92 Å². The molecule has 4 rings (SSSR count). The summed E-state index contributed by atoms with van der Waals surface area (Å²) in [6, 6.07) is 6.37.